The van der Waals surface area contributed by atoms with E-state index in [1.54, 1.807) is 6.20 Å². The van der Waals surface area contributed by atoms with Gasteiger partial charge in [0.2, 0.25) is 11.8 Å². The van der Waals surface area contributed by atoms with Gasteiger partial charge < -0.3 is 10.6 Å². The summed E-state index contributed by atoms with van der Waals surface area (Å²) >= 11 is 0. The van der Waals surface area contributed by atoms with Crippen LogP contribution in [0.15, 0.2) is 54.7 Å². The number of amides is 2. The van der Waals surface area contributed by atoms with Crippen LogP contribution in [-0.2, 0) is 9.59 Å². The highest BCUT2D eigenvalue weighted by Gasteiger charge is 2.48. The summed E-state index contributed by atoms with van der Waals surface area (Å²) in [5, 5.41) is 6.89. The van der Waals surface area contributed by atoms with E-state index in [2.05, 4.69) is 15.6 Å². The number of benzene rings is 2. The number of rotatable bonds is 4. The van der Waals surface area contributed by atoms with Gasteiger partial charge in [0.05, 0.1) is 23.0 Å². The molecule has 3 aromatic rings. The van der Waals surface area contributed by atoms with Crippen LogP contribution in [0, 0.1) is 25.7 Å². The molecule has 0 radical (unpaired) electrons. The molecule has 27 heavy (non-hydrogen) atoms. The summed E-state index contributed by atoms with van der Waals surface area (Å²) in [6.45, 7) is 3.93. The van der Waals surface area contributed by atoms with Gasteiger partial charge in [-0.1, -0.05) is 36.4 Å². The number of hydrogen-bond acceptors (Lipinski definition) is 3. The molecular weight excluding hydrogens is 338 g/mol. The van der Waals surface area contributed by atoms with Crippen LogP contribution in [0.1, 0.15) is 17.5 Å². The van der Waals surface area contributed by atoms with Gasteiger partial charge in [0, 0.05) is 17.3 Å². The van der Waals surface area contributed by atoms with Crippen molar-refractivity contribution in [1.82, 2.24) is 4.98 Å². The zero-order chi connectivity index (χ0) is 19.0. The Kier molecular flexibility index (Phi) is 4.36. The quantitative estimate of drug-likeness (QED) is 0.738. The number of carbonyl (C=O) groups excluding carboxylic acids is 2. The van der Waals surface area contributed by atoms with Gasteiger partial charge in [-0.2, -0.15) is 0 Å². The third-order valence-electron chi connectivity index (χ3n) is 5.08. The Hall–Kier alpha value is -3.21. The second-order valence-corrected chi connectivity index (χ2v) is 7.07. The molecule has 2 atom stereocenters. The molecule has 0 spiro atoms. The lowest BCUT2D eigenvalue weighted by molar-refractivity contribution is -0.122. The van der Waals surface area contributed by atoms with Crippen molar-refractivity contribution in [2.45, 2.75) is 20.3 Å². The van der Waals surface area contributed by atoms with Gasteiger partial charge in [-0.3, -0.25) is 14.6 Å². The first-order chi connectivity index (χ1) is 13.0. The van der Waals surface area contributed by atoms with Crippen molar-refractivity contribution in [1.29, 1.82) is 0 Å². The van der Waals surface area contributed by atoms with Crippen LogP contribution in [0.25, 0.3) is 10.9 Å². The van der Waals surface area contributed by atoms with E-state index in [9.17, 15) is 9.59 Å². The maximum atomic E-state index is 12.6. The molecule has 1 aliphatic rings. The van der Waals surface area contributed by atoms with E-state index in [0.29, 0.717) is 12.1 Å². The van der Waals surface area contributed by atoms with Crippen LogP contribution >= 0.6 is 0 Å². The second kappa shape index (κ2) is 6.83. The molecule has 1 aliphatic carbocycles. The van der Waals surface area contributed by atoms with E-state index in [1.807, 2.05) is 62.4 Å². The van der Waals surface area contributed by atoms with Crippen molar-refractivity contribution in [3.8, 4) is 0 Å². The number of para-hydroxylation sites is 2. The number of fused-ring (bicyclic) bond motifs is 1. The fourth-order valence-electron chi connectivity index (χ4n) is 3.43. The average Bonchev–Trinajstić information content (AvgIpc) is 3.46. The minimum Gasteiger partial charge on any atom is -0.325 e. The van der Waals surface area contributed by atoms with Gasteiger partial charge >= 0.3 is 0 Å². The largest absolute Gasteiger partial charge is 0.325 e. The van der Waals surface area contributed by atoms with Crippen LogP contribution in [0.3, 0.4) is 0 Å². The number of anilines is 2. The minimum absolute atomic E-state index is 0.0939. The summed E-state index contributed by atoms with van der Waals surface area (Å²) in [6.07, 6.45) is 2.27. The Balaban J connectivity index is 1.44. The Morgan fingerprint density at radius 2 is 1.52 bits per heavy atom. The summed E-state index contributed by atoms with van der Waals surface area (Å²) in [7, 11) is 0. The minimum atomic E-state index is -0.298. The SMILES string of the molecule is Cc1cccc(C)c1NC(=O)C1CC1C(=O)Nc1cccc2cccnc12. The summed E-state index contributed by atoms with van der Waals surface area (Å²) < 4.78 is 0. The molecule has 136 valence electrons. The Morgan fingerprint density at radius 3 is 2.26 bits per heavy atom. The molecular formula is C22H21N3O2. The highest BCUT2D eigenvalue weighted by molar-refractivity contribution is 6.06. The fourth-order valence-corrected chi connectivity index (χ4v) is 3.43. The highest BCUT2D eigenvalue weighted by Crippen LogP contribution is 2.41. The maximum Gasteiger partial charge on any atom is 0.228 e. The van der Waals surface area contributed by atoms with E-state index < -0.39 is 0 Å². The first-order valence-corrected chi connectivity index (χ1v) is 9.06. The molecule has 2 N–H and O–H groups in total. The third-order valence-corrected chi connectivity index (χ3v) is 5.08. The molecule has 2 aromatic carbocycles. The maximum absolute atomic E-state index is 12.6. The van der Waals surface area contributed by atoms with Crippen molar-refractivity contribution in [3.05, 3.63) is 65.9 Å². The summed E-state index contributed by atoms with van der Waals surface area (Å²) in [6, 6.07) is 15.4. The number of aromatic nitrogens is 1. The zero-order valence-electron chi connectivity index (χ0n) is 15.3. The molecule has 1 saturated carbocycles. The smallest absolute Gasteiger partial charge is 0.228 e. The summed E-state index contributed by atoms with van der Waals surface area (Å²) in [5.41, 5.74) is 4.31. The molecule has 5 nitrogen and oxygen atoms in total. The molecule has 0 bridgehead atoms. The number of aryl methyl sites for hydroxylation is 2. The molecule has 0 aliphatic heterocycles. The van der Waals surface area contributed by atoms with Crippen molar-refractivity contribution < 1.29 is 9.59 Å². The molecule has 4 rings (SSSR count). The number of pyridine rings is 1. The van der Waals surface area contributed by atoms with Crippen LogP contribution in [-0.4, -0.2) is 16.8 Å². The molecule has 5 heteroatoms. The van der Waals surface area contributed by atoms with Crippen LogP contribution in [0.5, 0.6) is 0 Å². The molecule has 1 aromatic heterocycles. The predicted molar refractivity (Wildman–Crippen MR) is 107 cm³/mol. The predicted octanol–water partition coefficient (Wildman–Crippen LogP) is 4.06. The highest BCUT2D eigenvalue weighted by atomic mass is 16.2. The number of nitrogens with zero attached hydrogens (tertiary/aromatic N) is 1. The second-order valence-electron chi connectivity index (χ2n) is 7.07. The van der Waals surface area contributed by atoms with Crippen molar-refractivity contribution in [3.63, 3.8) is 0 Å². The summed E-state index contributed by atoms with van der Waals surface area (Å²) in [5.74, 6) is -0.807. The van der Waals surface area contributed by atoms with Crippen LogP contribution < -0.4 is 10.6 Å². The number of hydrogen-bond donors (Lipinski definition) is 2. The Bertz CT molecular complexity index is 1020. The zero-order valence-corrected chi connectivity index (χ0v) is 15.3. The Morgan fingerprint density at radius 1 is 0.889 bits per heavy atom. The third kappa shape index (κ3) is 3.40. The lowest BCUT2D eigenvalue weighted by atomic mass is 10.1. The molecule has 1 fully saturated rings. The van der Waals surface area contributed by atoms with Crippen LogP contribution in [0.4, 0.5) is 11.4 Å². The first-order valence-electron chi connectivity index (χ1n) is 9.06. The topological polar surface area (TPSA) is 71.1 Å². The first kappa shape index (κ1) is 17.2. The van der Waals surface area contributed by atoms with Gasteiger partial charge in [-0.25, -0.2) is 0 Å². The van der Waals surface area contributed by atoms with E-state index >= 15 is 0 Å². The summed E-state index contributed by atoms with van der Waals surface area (Å²) in [4.78, 5) is 29.5. The standard InChI is InChI=1S/C22H21N3O2/c1-13-6-3-7-14(2)19(13)25-22(27)17-12-16(17)21(26)24-18-10-4-8-15-9-5-11-23-20(15)18/h3-11,16-17H,12H2,1-2H3,(H,24,26)(H,25,27). The normalized spacial score (nSPS) is 18.1. The number of nitrogens with one attached hydrogen (secondary N) is 2. The van der Waals surface area contributed by atoms with Gasteiger partial charge in [0.15, 0.2) is 0 Å². The van der Waals surface area contributed by atoms with Crippen molar-refractivity contribution in [2.24, 2.45) is 11.8 Å². The lowest BCUT2D eigenvalue weighted by Gasteiger charge is -2.11. The molecule has 2 unspecified atom stereocenters. The monoisotopic (exact) mass is 359 g/mol. The van der Waals surface area contributed by atoms with Crippen LogP contribution in [0.2, 0.25) is 0 Å². The van der Waals surface area contributed by atoms with Gasteiger partial charge in [0.1, 0.15) is 0 Å². The average molecular weight is 359 g/mol. The Labute approximate surface area is 157 Å². The van der Waals surface area contributed by atoms with Gasteiger partial charge in [-0.05, 0) is 43.5 Å². The molecule has 0 saturated heterocycles. The molecule has 1 heterocycles. The fraction of sp³-hybridized carbons (Fsp3) is 0.227. The number of carbonyl (C=O) groups is 2. The van der Waals surface area contributed by atoms with Crippen molar-refractivity contribution in [2.75, 3.05) is 10.6 Å². The van der Waals surface area contributed by atoms with Gasteiger partial charge in [0.25, 0.3) is 0 Å². The van der Waals surface area contributed by atoms with Gasteiger partial charge in [-0.15, -0.1) is 0 Å². The van der Waals surface area contributed by atoms with E-state index in [0.717, 1.165) is 27.7 Å². The van der Waals surface area contributed by atoms with Crippen molar-refractivity contribution >= 4 is 34.1 Å². The van der Waals surface area contributed by atoms with E-state index in [4.69, 9.17) is 0 Å². The van der Waals surface area contributed by atoms with E-state index in [1.165, 1.54) is 0 Å². The van der Waals surface area contributed by atoms with E-state index in [-0.39, 0.29) is 23.7 Å². The lowest BCUT2D eigenvalue weighted by Crippen LogP contribution is -2.21. The molecule has 2 amide bonds.